The molecule has 0 bridgehead atoms. The number of amides is 1. The Kier molecular flexibility index (Phi) is 22.1. The van der Waals surface area contributed by atoms with Crippen molar-refractivity contribution in [1.82, 2.24) is 4.90 Å². The summed E-state index contributed by atoms with van der Waals surface area (Å²) in [5, 5.41) is 22.3. The van der Waals surface area contributed by atoms with Gasteiger partial charge in [0.05, 0.1) is 24.7 Å². The molecule has 340 valence electrons. The highest BCUT2D eigenvalue weighted by Gasteiger charge is 2.51. The van der Waals surface area contributed by atoms with Crippen LogP contribution in [0.4, 0.5) is 0 Å². The van der Waals surface area contributed by atoms with Crippen molar-refractivity contribution in [3.63, 3.8) is 0 Å². The lowest BCUT2D eigenvalue weighted by Crippen LogP contribution is -2.59. The van der Waals surface area contributed by atoms with E-state index in [0.29, 0.717) is 69.3 Å². The van der Waals surface area contributed by atoms with Gasteiger partial charge in [0.2, 0.25) is 5.79 Å². The van der Waals surface area contributed by atoms with Gasteiger partial charge in [-0.05, 0) is 114 Å². The van der Waals surface area contributed by atoms with Crippen LogP contribution in [-0.2, 0) is 33.4 Å². The van der Waals surface area contributed by atoms with E-state index in [1.54, 1.807) is 14.0 Å². The van der Waals surface area contributed by atoms with E-state index in [2.05, 4.69) is 38.5 Å². The highest BCUT2D eigenvalue weighted by Crippen LogP contribution is 2.35. The van der Waals surface area contributed by atoms with Gasteiger partial charge in [-0.2, -0.15) is 0 Å². The molecule has 2 N–H and O–H groups in total. The van der Waals surface area contributed by atoms with E-state index in [9.17, 15) is 29.4 Å². The van der Waals surface area contributed by atoms with Crippen LogP contribution in [0.25, 0.3) is 0 Å². The summed E-state index contributed by atoms with van der Waals surface area (Å²) >= 11 is 0. The van der Waals surface area contributed by atoms with E-state index in [4.69, 9.17) is 20.6 Å². The molecule has 0 aromatic rings. The molecule has 3 fully saturated rings. The number of piperidine rings is 1. The van der Waals surface area contributed by atoms with E-state index in [1.807, 2.05) is 51.2 Å². The van der Waals surface area contributed by atoms with Crippen LogP contribution >= 0.6 is 0 Å². The van der Waals surface area contributed by atoms with Crippen molar-refractivity contribution in [1.29, 1.82) is 0 Å². The van der Waals surface area contributed by atoms with Crippen molar-refractivity contribution in [3.05, 3.63) is 60.3 Å². The van der Waals surface area contributed by atoms with Gasteiger partial charge in [0.15, 0.2) is 0 Å². The van der Waals surface area contributed by atoms with Crippen LogP contribution in [0.5, 0.6) is 0 Å². The fourth-order valence-corrected chi connectivity index (χ4v) is 9.10. The second kappa shape index (κ2) is 26.1. The number of carbonyl (C=O) groups is 4. The Balaban J connectivity index is 1.69. The fraction of sp³-hybridized carbons (Fsp3) is 0.686. The van der Waals surface area contributed by atoms with Crippen LogP contribution in [0.15, 0.2) is 60.3 Å². The van der Waals surface area contributed by atoms with Gasteiger partial charge in [0, 0.05) is 31.9 Å². The molecule has 1 aliphatic carbocycles. The summed E-state index contributed by atoms with van der Waals surface area (Å²) in [7, 11) is 1.73. The van der Waals surface area contributed by atoms with Gasteiger partial charge in [0.1, 0.15) is 17.9 Å². The van der Waals surface area contributed by atoms with Crippen LogP contribution < -0.4 is 0 Å². The SMILES string of the molecule is C#C[C@H](C[C@@H]1CCC[C@H](OC)C1)[C@H](CC[C@H](C)/C=C(\C)[C@@H](O)CC(=O)[C@H](C)C[C@H](C)/C=C/C=C/C=C(\C)CC=C)OC(=O)[C@@H]1CCCCN1C(=O)C(=O)[C@]1(O)OCCC[C@H]1C. The number of ketones is 2. The van der Waals surface area contributed by atoms with E-state index in [0.717, 1.165) is 32.1 Å². The molecule has 0 unspecified atom stereocenters. The summed E-state index contributed by atoms with van der Waals surface area (Å²) in [6, 6.07) is -0.995. The molecule has 0 aromatic carbocycles. The van der Waals surface area contributed by atoms with Crippen LogP contribution in [0.2, 0.25) is 0 Å². The normalized spacial score (nSPS) is 27.1. The number of hydrogen-bond donors (Lipinski definition) is 2. The zero-order valence-electron chi connectivity index (χ0n) is 38.3. The number of carbonyl (C=O) groups excluding carboxylic acids is 4. The molecule has 1 saturated carbocycles. The number of ether oxygens (including phenoxy) is 3. The first kappa shape index (κ1) is 51.7. The van der Waals surface area contributed by atoms with E-state index < -0.39 is 53.5 Å². The number of methoxy groups -OCH3 is 1. The summed E-state index contributed by atoms with van der Waals surface area (Å²) in [6.07, 6.45) is 28.8. The van der Waals surface area contributed by atoms with E-state index in [1.165, 1.54) is 10.5 Å². The molecule has 3 rings (SSSR count). The summed E-state index contributed by atoms with van der Waals surface area (Å²) in [5.74, 6) is -2.57. The number of aliphatic hydroxyl groups excluding tert-OH is 1. The third kappa shape index (κ3) is 16.2. The van der Waals surface area contributed by atoms with Gasteiger partial charge in [-0.1, -0.05) is 94.6 Å². The molecule has 3 aliphatic rings. The Bertz CT molecular complexity index is 1620. The minimum atomic E-state index is -2.23. The lowest BCUT2D eigenvalue weighted by Gasteiger charge is -2.39. The number of hydrogen-bond acceptors (Lipinski definition) is 9. The smallest absolute Gasteiger partial charge is 0.329 e. The Labute approximate surface area is 367 Å². The van der Waals surface area contributed by atoms with Crippen molar-refractivity contribution >= 4 is 23.4 Å². The van der Waals surface area contributed by atoms with Crippen molar-refractivity contribution in [2.45, 2.75) is 168 Å². The van der Waals surface area contributed by atoms with Gasteiger partial charge < -0.3 is 29.3 Å². The Hall–Kier alpha value is -3.62. The molecule has 2 aliphatic heterocycles. The van der Waals surface area contributed by atoms with Crippen LogP contribution in [0, 0.1) is 47.9 Å². The summed E-state index contributed by atoms with van der Waals surface area (Å²) in [5.41, 5.74) is 1.94. The lowest BCUT2D eigenvalue weighted by molar-refractivity contribution is -0.241. The van der Waals surface area contributed by atoms with Crippen LogP contribution in [0.1, 0.15) is 138 Å². The van der Waals surface area contributed by atoms with Gasteiger partial charge in [-0.25, -0.2) is 4.79 Å². The molecular formula is C51H77NO9. The Morgan fingerprint density at radius 1 is 1.00 bits per heavy atom. The van der Waals surface area contributed by atoms with Crippen molar-refractivity contribution in [3.8, 4) is 12.3 Å². The average Bonchev–Trinajstić information content (AvgIpc) is 3.24. The minimum Gasteiger partial charge on any atom is -0.460 e. The Morgan fingerprint density at radius 3 is 2.44 bits per heavy atom. The zero-order valence-corrected chi connectivity index (χ0v) is 38.3. The first-order valence-electron chi connectivity index (χ1n) is 23.0. The second-order valence-corrected chi connectivity index (χ2v) is 18.3. The number of likely N-dealkylation sites (tertiary alicyclic amines) is 1. The van der Waals surface area contributed by atoms with Crippen LogP contribution in [-0.4, -0.2) is 89.0 Å². The number of terminal acetylenes is 1. The molecular weight excluding hydrogens is 771 g/mol. The quantitative estimate of drug-likeness (QED) is 0.0340. The average molecular weight is 848 g/mol. The summed E-state index contributed by atoms with van der Waals surface area (Å²) < 4.78 is 17.5. The molecule has 0 spiro atoms. The van der Waals surface area contributed by atoms with Gasteiger partial charge in [0.25, 0.3) is 11.7 Å². The molecule has 10 nitrogen and oxygen atoms in total. The molecule has 11 atom stereocenters. The van der Waals surface area contributed by atoms with Gasteiger partial charge in [-0.15, -0.1) is 13.0 Å². The fourth-order valence-electron chi connectivity index (χ4n) is 9.10. The predicted octanol–water partition coefficient (Wildman–Crippen LogP) is 8.81. The number of esters is 1. The lowest BCUT2D eigenvalue weighted by atomic mass is 9.79. The number of aliphatic hydroxyl groups is 2. The maximum absolute atomic E-state index is 14.1. The number of nitrogens with zero attached hydrogens (tertiary/aromatic N) is 1. The van der Waals surface area contributed by atoms with E-state index in [-0.39, 0.29) is 49.2 Å². The third-order valence-corrected chi connectivity index (χ3v) is 13.1. The van der Waals surface area contributed by atoms with Crippen molar-refractivity contribution in [2.75, 3.05) is 20.3 Å². The van der Waals surface area contributed by atoms with Gasteiger partial charge in [-0.3, -0.25) is 14.4 Å². The van der Waals surface area contributed by atoms with Crippen LogP contribution in [0.3, 0.4) is 0 Å². The molecule has 10 heteroatoms. The molecule has 2 saturated heterocycles. The first-order chi connectivity index (χ1) is 29.0. The largest absolute Gasteiger partial charge is 0.460 e. The third-order valence-electron chi connectivity index (χ3n) is 13.1. The molecule has 0 radical (unpaired) electrons. The number of Topliss-reactive ketones (excluding diaryl/α,β-unsaturated/α-hetero) is 2. The number of allylic oxidation sites excluding steroid dienone is 8. The Morgan fingerprint density at radius 2 is 1.75 bits per heavy atom. The van der Waals surface area contributed by atoms with Crippen molar-refractivity contribution in [2.24, 2.45) is 35.5 Å². The molecule has 1 amide bonds. The summed E-state index contributed by atoms with van der Waals surface area (Å²) in [6.45, 7) is 15.7. The maximum atomic E-state index is 14.1. The summed E-state index contributed by atoms with van der Waals surface area (Å²) in [4.78, 5) is 55.8. The second-order valence-electron chi connectivity index (χ2n) is 18.3. The highest BCUT2D eigenvalue weighted by atomic mass is 16.6. The topological polar surface area (TPSA) is 140 Å². The number of rotatable bonds is 23. The molecule has 61 heavy (non-hydrogen) atoms. The minimum absolute atomic E-state index is 0.0146. The molecule has 2 heterocycles. The first-order valence-corrected chi connectivity index (χ1v) is 23.0. The predicted molar refractivity (Wildman–Crippen MR) is 241 cm³/mol. The maximum Gasteiger partial charge on any atom is 0.329 e. The van der Waals surface area contributed by atoms with Crippen molar-refractivity contribution < 1.29 is 43.6 Å². The van der Waals surface area contributed by atoms with Gasteiger partial charge >= 0.3 is 5.97 Å². The monoisotopic (exact) mass is 848 g/mol. The highest BCUT2D eigenvalue weighted by molar-refractivity contribution is 6.39. The molecule has 0 aromatic heterocycles. The van der Waals surface area contributed by atoms with E-state index >= 15 is 0 Å². The zero-order chi connectivity index (χ0) is 45.1. The standard InChI is InChI=1S/C51H77NO9/c1-10-19-35(3)20-13-12-14-21-36(4)30-38(6)45(53)34-46(54)39(7)31-37(5)26-27-47(42(11-2)32-41-23-17-24-43(33-41)59-9)61-50(57)44-25-15-16-28-52(44)49(56)48(55)51(58)40(8)22-18-29-60-51/h2,10,12-14,20-21,31,36-38,40-44,46-47,54,58H,1,15-19,22-30,32-34H2,3-9H3/b13-12+,21-14+,35-20+,39-31+/t36-,37+,38-,40-,41+,42-,43+,44+,46+,47+,51-/m1/s1.